The fourth-order valence-electron chi connectivity index (χ4n) is 3.57. The molecule has 2 radical (unpaired) electrons. The average Bonchev–Trinajstić information content (AvgIpc) is 2.85. The van der Waals surface area contributed by atoms with E-state index in [1.54, 1.807) is 6.20 Å². The second kappa shape index (κ2) is 8.37. The highest BCUT2D eigenvalue weighted by atomic mass is 14.9. The van der Waals surface area contributed by atoms with Crippen LogP contribution in [0.4, 0.5) is 0 Å². The lowest BCUT2D eigenvalue weighted by Crippen LogP contribution is -2.04. The van der Waals surface area contributed by atoms with Crippen LogP contribution in [-0.4, -0.2) is 22.8 Å². The van der Waals surface area contributed by atoms with Gasteiger partial charge in [0.2, 0.25) is 0 Å². The van der Waals surface area contributed by atoms with Gasteiger partial charge >= 0.3 is 0 Å². The molecule has 0 aliphatic heterocycles. The van der Waals surface area contributed by atoms with E-state index in [4.69, 9.17) is 17.8 Å². The van der Waals surface area contributed by atoms with Gasteiger partial charge in [0, 0.05) is 29.1 Å². The van der Waals surface area contributed by atoms with Crippen molar-refractivity contribution in [3.63, 3.8) is 0 Å². The Kier molecular flexibility index (Phi) is 5.11. The number of hydrogen-bond donors (Lipinski definition) is 0. The lowest BCUT2D eigenvalue weighted by molar-refractivity contribution is 1.18. The Morgan fingerprint density at radius 1 is 0.516 bits per heavy atom. The summed E-state index contributed by atoms with van der Waals surface area (Å²) in [4.78, 5) is 14.0. The largest absolute Gasteiger partial charge is 0.264 e. The van der Waals surface area contributed by atoms with Crippen molar-refractivity contribution in [2.45, 2.75) is 0 Å². The second-order valence-corrected chi connectivity index (χ2v) is 7.28. The molecule has 3 nitrogen and oxygen atoms in total. The van der Waals surface area contributed by atoms with Crippen LogP contribution >= 0.6 is 0 Å². The molecule has 144 valence electrons. The fourth-order valence-corrected chi connectivity index (χ4v) is 3.57. The van der Waals surface area contributed by atoms with Gasteiger partial charge in [-0.3, -0.25) is 4.98 Å². The molecule has 2 aromatic heterocycles. The van der Waals surface area contributed by atoms with E-state index in [1.807, 2.05) is 85.1 Å². The van der Waals surface area contributed by atoms with Gasteiger partial charge in [-0.05, 0) is 29.3 Å². The van der Waals surface area contributed by atoms with Crippen molar-refractivity contribution in [1.29, 1.82) is 0 Å². The van der Waals surface area contributed by atoms with Gasteiger partial charge in [0.05, 0.1) is 11.4 Å². The van der Waals surface area contributed by atoms with E-state index in [0.717, 1.165) is 39.2 Å². The van der Waals surface area contributed by atoms with Crippen LogP contribution in [0.15, 0.2) is 109 Å². The van der Waals surface area contributed by atoms with Gasteiger partial charge < -0.3 is 0 Å². The smallest absolute Gasteiger partial charge is 0.160 e. The summed E-state index contributed by atoms with van der Waals surface area (Å²) in [5.74, 6) is 0.683. The van der Waals surface area contributed by atoms with E-state index >= 15 is 0 Å². The zero-order valence-electron chi connectivity index (χ0n) is 16.8. The van der Waals surface area contributed by atoms with Crippen LogP contribution in [0.5, 0.6) is 0 Å². The highest BCUT2D eigenvalue weighted by Gasteiger charge is 2.12. The van der Waals surface area contributed by atoms with Gasteiger partial charge in [-0.1, -0.05) is 84.3 Å². The van der Waals surface area contributed by atoms with E-state index in [0.29, 0.717) is 11.3 Å². The molecule has 4 heteroatoms. The maximum absolute atomic E-state index is 6.27. The predicted molar refractivity (Wildman–Crippen MR) is 127 cm³/mol. The number of pyridine rings is 1. The summed E-state index contributed by atoms with van der Waals surface area (Å²) in [5, 5.41) is 0. The Bertz CT molecular complexity index is 1260. The predicted octanol–water partition coefficient (Wildman–Crippen LogP) is 5.33. The normalized spacial score (nSPS) is 10.7. The molecule has 31 heavy (non-hydrogen) atoms. The van der Waals surface area contributed by atoms with Crippen molar-refractivity contribution in [3.05, 3.63) is 109 Å². The molecule has 3 aromatic carbocycles. The van der Waals surface area contributed by atoms with Gasteiger partial charge in [-0.15, -0.1) is 0 Å². The number of nitrogens with zero attached hydrogens (tertiary/aromatic N) is 3. The third-order valence-electron chi connectivity index (χ3n) is 5.07. The Labute approximate surface area is 182 Å². The molecule has 5 aromatic rings. The molecule has 0 aliphatic rings. The van der Waals surface area contributed by atoms with Crippen LogP contribution < -0.4 is 5.46 Å². The first kappa shape index (κ1) is 19.0. The quantitative estimate of drug-likeness (QED) is 0.386. The Balaban J connectivity index is 1.70. The van der Waals surface area contributed by atoms with Crippen LogP contribution in [-0.2, 0) is 0 Å². The van der Waals surface area contributed by atoms with Gasteiger partial charge in [-0.2, -0.15) is 0 Å². The molecule has 0 aliphatic carbocycles. The van der Waals surface area contributed by atoms with Crippen molar-refractivity contribution in [3.8, 4) is 45.0 Å². The Morgan fingerprint density at radius 3 is 1.81 bits per heavy atom. The van der Waals surface area contributed by atoms with Gasteiger partial charge in [-0.25, -0.2) is 9.97 Å². The van der Waals surface area contributed by atoms with Crippen LogP contribution in [0.25, 0.3) is 45.0 Å². The monoisotopic (exact) mass is 395 g/mol. The molecule has 0 saturated carbocycles. The minimum Gasteiger partial charge on any atom is -0.264 e. The molecule has 5 rings (SSSR count). The van der Waals surface area contributed by atoms with E-state index in [9.17, 15) is 0 Å². The van der Waals surface area contributed by atoms with Gasteiger partial charge in [0.25, 0.3) is 0 Å². The highest BCUT2D eigenvalue weighted by molar-refractivity contribution is 6.33. The summed E-state index contributed by atoms with van der Waals surface area (Å²) in [6, 6.07) is 32.1. The zero-order valence-corrected chi connectivity index (χ0v) is 16.8. The molecule has 0 spiro atoms. The average molecular weight is 395 g/mol. The molecule has 0 fully saturated rings. The first-order valence-electron chi connectivity index (χ1n) is 10.1. The van der Waals surface area contributed by atoms with E-state index in [2.05, 4.69) is 23.2 Å². The minimum absolute atomic E-state index is 0.678. The molecule has 0 amide bonds. The van der Waals surface area contributed by atoms with Crippen molar-refractivity contribution in [1.82, 2.24) is 15.0 Å². The van der Waals surface area contributed by atoms with Crippen LogP contribution in [0.3, 0.4) is 0 Å². The summed E-state index contributed by atoms with van der Waals surface area (Å²) >= 11 is 0. The topological polar surface area (TPSA) is 38.7 Å². The lowest BCUT2D eigenvalue weighted by atomic mass is 9.89. The molecule has 0 unspecified atom stereocenters. The Morgan fingerprint density at radius 2 is 1.13 bits per heavy atom. The Hall–Kier alpha value is -4.05. The number of benzene rings is 3. The molecular weight excluding hydrogens is 377 g/mol. The molecule has 0 atom stereocenters. The van der Waals surface area contributed by atoms with E-state index in [-0.39, 0.29) is 0 Å². The van der Waals surface area contributed by atoms with Gasteiger partial charge in [0.15, 0.2) is 5.82 Å². The van der Waals surface area contributed by atoms with Crippen molar-refractivity contribution in [2.24, 2.45) is 0 Å². The van der Waals surface area contributed by atoms with Crippen LogP contribution in [0.1, 0.15) is 0 Å². The summed E-state index contributed by atoms with van der Waals surface area (Å²) < 4.78 is 0. The van der Waals surface area contributed by atoms with Gasteiger partial charge in [0.1, 0.15) is 7.85 Å². The van der Waals surface area contributed by atoms with Crippen molar-refractivity contribution < 1.29 is 0 Å². The molecule has 0 bridgehead atoms. The first-order chi connectivity index (χ1) is 15.3. The molecular formula is C27H18BN3. The van der Waals surface area contributed by atoms with Crippen LogP contribution in [0.2, 0.25) is 0 Å². The second-order valence-electron chi connectivity index (χ2n) is 7.28. The third kappa shape index (κ3) is 4.14. The minimum atomic E-state index is 0.678. The van der Waals surface area contributed by atoms with E-state index < -0.39 is 0 Å². The third-order valence-corrected chi connectivity index (χ3v) is 5.07. The summed E-state index contributed by atoms with van der Waals surface area (Å²) in [6.45, 7) is 0. The number of rotatable bonds is 4. The summed E-state index contributed by atoms with van der Waals surface area (Å²) in [6.07, 6.45) is 3.60. The fraction of sp³-hybridized carbons (Fsp3) is 0. The number of hydrogen-bond acceptors (Lipinski definition) is 3. The lowest BCUT2D eigenvalue weighted by Gasteiger charge is -2.11. The summed E-state index contributed by atoms with van der Waals surface area (Å²) in [7, 11) is 6.27. The standard InChI is InChI=1S/C27H18BN3/c28-24-15-22(21-12-7-13-29-18-21)14-23(16-24)26-17-25(19-8-3-1-4-9-19)30-27(31-26)20-10-5-2-6-11-20/h1-18H. The van der Waals surface area contributed by atoms with Crippen LogP contribution in [0, 0.1) is 0 Å². The highest BCUT2D eigenvalue weighted by Crippen LogP contribution is 2.29. The van der Waals surface area contributed by atoms with Crippen molar-refractivity contribution >= 4 is 13.3 Å². The molecule has 0 N–H and O–H groups in total. The molecule has 0 saturated heterocycles. The maximum atomic E-state index is 6.27. The number of aromatic nitrogens is 3. The first-order valence-corrected chi connectivity index (χ1v) is 10.1. The summed E-state index contributed by atoms with van der Waals surface area (Å²) in [5.41, 5.74) is 7.34. The van der Waals surface area contributed by atoms with E-state index in [1.165, 1.54) is 0 Å². The maximum Gasteiger partial charge on any atom is 0.160 e. The van der Waals surface area contributed by atoms with Crippen molar-refractivity contribution in [2.75, 3.05) is 0 Å². The molecule has 2 heterocycles. The SMILES string of the molecule is [B]c1cc(-c2cccnc2)cc(-c2cc(-c3ccccc3)nc(-c3ccccc3)n2)c1. The zero-order chi connectivity index (χ0) is 21.0.